The van der Waals surface area contributed by atoms with Crippen LogP contribution in [0.25, 0.3) is 0 Å². The van der Waals surface area contributed by atoms with Crippen molar-refractivity contribution in [2.45, 2.75) is 30.6 Å². The Morgan fingerprint density at radius 1 is 1.22 bits per heavy atom. The molecule has 0 amide bonds. The van der Waals surface area contributed by atoms with E-state index in [1.165, 1.54) is 0 Å². The summed E-state index contributed by atoms with van der Waals surface area (Å²) in [7, 11) is 3.25. The van der Waals surface area contributed by atoms with E-state index >= 15 is 0 Å². The molecule has 1 aromatic rings. The number of ether oxygens (including phenoxy) is 2. The first-order valence-corrected chi connectivity index (χ1v) is 7.22. The standard InChI is InChI=1S/C14H20O3S/c1-10-14(15,5-4-6-18-10)11-7-12(16-2)9-13(8-11)17-3/h7-10,15H,4-6H2,1-3H3. The van der Waals surface area contributed by atoms with Crippen LogP contribution in [0.4, 0.5) is 0 Å². The van der Waals surface area contributed by atoms with E-state index in [0.29, 0.717) is 0 Å². The zero-order valence-electron chi connectivity index (χ0n) is 11.1. The molecular formula is C14H20O3S. The minimum absolute atomic E-state index is 0.183. The lowest BCUT2D eigenvalue weighted by atomic mass is 9.86. The summed E-state index contributed by atoms with van der Waals surface area (Å²) in [4.78, 5) is 0. The molecule has 0 saturated carbocycles. The van der Waals surface area contributed by atoms with Crippen LogP contribution in [0.3, 0.4) is 0 Å². The smallest absolute Gasteiger partial charge is 0.122 e. The maximum atomic E-state index is 10.9. The first-order chi connectivity index (χ1) is 8.60. The summed E-state index contributed by atoms with van der Waals surface area (Å²) >= 11 is 1.82. The second-order valence-electron chi connectivity index (χ2n) is 4.64. The first kappa shape index (κ1) is 13.6. The third kappa shape index (κ3) is 2.45. The molecule has 1 aromatic carbocycles. The number of thioether (sulfide) groups is 1. The van der Waals surface area contributed by atoms with Crippen molar-refractivity contribution in [3.63, 3.8) is 0 Å². The minimum atomic E-state index is -0.787. The first-order valence-electron chi connectivity index (χ1n) is 6.17. The van der Waals surface area contributed by atoms with Gasteiger partial charge in [-0.2, -0.15) is 11.8 Å². The predicted molar refractivity (Wildman–Crippen MR) is 74.6 cm³/mol. The maximum absolute atomic E-state index is 10.9. The molecule has 2 rings (SSSR count). The van der Waals surface area contributed by atoms with Gasteiger partial charge >= 0.3 is 0 Å². The van der Waals surface area contributed by atoms with Gasteiger partial charge in [0.15, 0.2) is 0 Å². The molecule has 0 radical (unpaired) electrons. The second kappa shape index (κ2) is 5.41. The second-order valence-corrected chi connectivity index (χ2v) is 6.09. The van der Waals surface area contributed by atoms with Crippen molar-refractivity contribution in [2.24, 2.45) is 0 Å². The van der Waals surface area contributed by atoms with Crippen molar-refractivity contribution in [1.82, 2.24) is 0 Å². The molecule has 1 heterocycles. The molecule has 2 unspecified atom stereocenters. The van der Waals surface area contributed by atoms with Gasteiger partial charge in [0.25, 0.3) is 0 Å². The van der Waals surface area contributed by atoms with E-state index in [2.05, 4.69) is 6.92 Å². The molecule has 0 aromatic heterocycles. The van der Waals surface area contributed by atoms with Gasteiger partial charge in [0.05, 0.1) is 14.2 Å². The Morgan fingerprint density at radius 2 is 1.83 bits per heavy atom. The zero-order chi connectivity index (χ0) is 13.2. The van der Waals surface area contributed by atoms with Crippen LogP contribution in [0.2, 0.25) is 0 Å². The third-order valence-corrected chi connectivity index (χ3v) is 5.01. The summed E-state index contributed by atoms with van der Waals surface area (Å²) < 4.78 is 10.5. The van der Waals surface area contributed by atoms with Crippen LogP contribution in [-0.2, 0) is 5.60 Å². The lowest BCUT2D eigenvalue weighted by molar-refractivity contribution is 0.0250. The Kier molecular flexibility index (Phi) is 4.07. The molecular weight excluding hydrogens is 248 g/mol. The summed E-state index contributed by atoms with van der Waals surface area (Å²) in [5.41, 5.74) is 0.100. The van der Waals surface area contributed by atoms with E-state index < -0.39 is 5.60 Å². The lowest BCUT2D eigenvalue weighted by Gasteiger charge is -2.38. The van der Waals surface area contributed by atoms with Crippen LogP contribution in [0, 0.1) is 0 Å². The normalized spacial score (nSPS) is 27.9. The summed E-state index contributed by atoms with van der Waals surface area (Å²) in [6.07, 6.45) is 1.82. The van der Waals surface area contributed by atoms with Crippen LogP contribution < -0.4 is 9.47 Å². The SMILES string of the molecule is COc1cc(OC)cc(C2(O)CCCSC2C)c1. The largest absolute Gasteiger partial charge is 0.497 e. The highest BCUT2D eigenvalue weighted by Crippen LogP contribution is 2.43. The fourth-order valence-electron chi connectivity index (χ4n) is 2.38. The lowest BCUT2D eigenvalue weighted by Crippen LogP contribution is -2.38. The molecule has 3 nitrogen and oxygen atoms in total. The van der Waals surface area contributed by atoms with Crippen molar-refractivity contribution < 1.29 is 14.6 Å². The van der Waals surface area contributed by atoms with E-state index in [4.69, 9.17) is 9.47 Å². The molecule has 1 aliphatic heterocycles. The molecule has 1 fully saturated rings. The van der Waals surface area contributed by atoms with Crippen molar-refractivity contribution in [3.05, 3.63) is 23.8 Å². The average molecular weight is 268 g/mol. The number of aliphatic hydroxyl groups is 1. The topological polar surface area (TPSA) is 38.7 Å². The minimum Gasteiger partial charge on any atom is -0.497 e. The Labute approximate surface area is 112 Å². The zero-order valence-corrected chi connectivity index (χ0v) is 11.9. The molecule has 4 heteroatoms. The Hall–Kier alpha value is -0.870. The van der Waals surface area contributed by atoms with Crippen molar-refractivity contribution in [1.29, 1.82) is 0 Å². The third-order valence-electron chi connectivity index (χ3n) is 3.59. The average Bonchev–Trinajstić information content (AvgIpc) is 2.41. The summed E-state index contributed by atoms with van der Waals surface area (Å²) in [6, 6.07) is 5.64. The van der Waals surface area contributed by atoms with Crippen LogP contribution in [0.5, 0.6) is 11.5 Å². The van der Waals surface area contributed by atoms with Crippen LogP contribution in [0.1, 0.15) is 25.3 Å². The number of benzene rings is 1. The molecule has 1 N–H and O–H groups in total. The van der Waals surface area contributed by atoms with E-state index in [1.54, 1.807) is 14.2 Å². The van der Waals surface area contributed by atoms with Gasteiger partial charge in [-0.25, -0.2) is 0 Å². The van der Waals surface area contributed by atoms with Gasteiger partial charge in [-0.3, -0.25) is 0 Å². The summed E-state index contributed by atoms with van der Waals surface area (Å²) in [5.74, 6) is 2.56. The van der Waals surface area contributed by atoms with Crippen LogP contribution in [0.15, 0.2) is 18.2 Å². The van der Waals surface area contributed by atoms with Crippen molar-refractivity contribution in [2.75, 3.05) is 20.0 Å². The van der Waals surface area contributed by atoms with Gasteiger partial charge in [0, 0.05) is 11.3 Å². The Balaban J connectivity index is 2.41. The fourth-order valence-corrected chi connectivity index (χ4v) is 3.57. The predicted octanol–water partition coefficient (Wildman–Crippen LogP) is 2.81. The number of hydrogen-bond acceptors (Lipinski definition) is 4. The summed E-state index contributed by atoms with van der Waals surface area (Å²) in [5, 5.41) is 11.1. The molecule has 100 valence electrons. The number of rotatable bonds is 3. The molecule has 0 spiro atoms. The van der Waals surface area contributed by atoms with Crippen molar-refractivity contribution >= 4 is 11.8 Å². The molecule has 0 bridgehead atoms. The van der Waals surface area contributed by atoms with Gasteiger partial charge in [-0.05, 0) is 36.3 Å². The van der Waals surface area contributed by atoms with Crippen LogP contribution in [-0.4, -0.2) is 30.3 Å². The molecule has 18 heavy (non-hydrogen) atoms. The Morgan fingerprint density at radius 3 is 2.33 bits per heavy atom. The van der Waals surface area contributed by atoms with E-state index in [-0.39, 0.29) is 5.25 Å². The highest BCUT2D eigenvalue weighted by atomic mass is 32.2. The van der Waals surface area contributed by atoms with Gasteiger partial charge in [-0.15, -0.1) is 0 Å². The van der Waals surface area contributed by atoms with Gasteiger partial charge in [0.1, 0.15) is 17.1 Å². The maximum Gasteiger partial charge on any atom is 0.122 e. The fraction of sp³-hybridized carbons (Fsp3) is 0.571. The molecule has 1 aliphatic rings. The van der Waals surface area contributed by atoms with Crippen molar-refractivity contribution in [3.8, 4) is 11.5 Å². The molecule has 0 aliphatic carbocycles. The van der Waals surface area contributed by atoms with Crippen LogP contribution >= 0.6 is 11.8 Å². The quantitative estimate of drug-likeness (QED) is 0.915. The monoisotopic (exact) mass is 268 g/mol. The summed E-state index contributed by atoms with van der Waals surface area (Å²) in [6.45, 7) is 2.08. The van der Waals surface area contributed by atoms with E-state index in [9.17, 15) is 5.11 Å². The number of hydrogen-bond donors (Lipinski definition) is 1. The molecule has 2 atom stereocenters. The van der Waals surface area contributed by atoms with E-state index in [1.807, 2.05) is 30.0 Å². The molecule has 1 saturated heterocycles. The van der Waals surface area contributed by atoms with Gasteiger partial charge < -0.3 is 14.6 Å². The van der Waals surface area contributed by atoms with Gasteiger partial charge in [0.2, 0.25) is 0 Å². The highest BCUT2D eigenvalue weighted by Gasteiger charge is 2.38. The number of methoxy groups -OCH3 is 2. The van der Waals surface area contributed by atoms with E-state index in [0.717, 1.165) is 35.7 Å². The Bertz CT molecular complexity index is 399. The highest BCUT2D eigenvalue weighted by molar-refractivity contribution is 8.00. The van der Waals surface area contributed by atoms with Gasteiger partial charge in [-0.1, -0.05) is 6.92 Å².